The monoisotopic (exact) mass is 261 g/mol. The molecular formula is C8H12BrN3O2. The molecule has 0 unspecified atom stereocenters. The Kier molecular flexibility index (Phi) is 3.65. The van der Waals surface area contributed by atoms with Gasteiger partial charge in [0.2, 0.25) is 0 Å². The van der Waals surface area contributed by atoms with E-state index in [1.165, 1.54) is 7.11 Å². The Balaban J connectivity index is 3.04. The van der Waals surface area contributed by atoms with Crippen LogP contribution in [0.15, 0.2) is 10.7 Å². The summed E-state index contributed by atoms with van der Waals surface area (Å²) < 4.78 is 2.29. The number of rotatable bonds is 3. The van der Waals surface area contributed by atoms with Gasteiger partial charge < -0.3 is 0 Å². The lowest BCUT2D eigenvalue weighted by molar-refractivity contribution is -0.0764. The molecule has 0 aliphatic carbocycles. The van der Waals surface area contributed by atoms with Crippen LogP contribution in [0, 0.1) is 0 Å². The molecule has 1 rings (SSSR count). The second kappa shape index (κ2) is 4.56. The zero-order valence-electron chi connectivity index (χ0n) is 8.32. The predicted octanol–water partition coefficient (Wildman–Crippen LogP) is 1.30. The van der Waals surface area contributed by atoms with Gasteiger partial charge in [0.25, 0.3) is 5.91 Å². The number of hydroxylamine groups is 2. The average Bonchev–Trinajstić information content (AvgIpc) is 2.57. The third-order valence-corrected chi connectivity index (χ3v) is 2.44. The molecule has 0 bridgehead atoms. The van der Waals surface area contributed by atoms with Gasteiger partial charge in [-0.05, 0) is 22.9 Å². The van der Waals surface area contributed by atoms with Crippen LogP contribution < -0.4 is 0 Å². The van der Waals surface area contributed by atoms with E-state index >= 15 is 0 Å². The van der Waals surface area contributed by atoms with Crippen molar-refractivity contribution in [1.29, 1.82) is 0 Å². The Morgan fingerprint density at radius 3 is 2.93 bits per heavy atom. The number of aryl methyl sites for hydroxylation is 1. The van der Waals surface area contributed by atoms with Gasteiger partial charge >= 0.3 is 0 Å². The molecule has 0 aliphatic heterocycles. The highest BCUT2D eigenvalue weighted by molar-refractivity contribution is 9.10. The van der Waals surface area contributed by atoms with Crippen molar-refractivity contribution in [3.8, 4) is 0 Å². The van der Waals surface area contributed by atoms with Crippen LogP contribution >= 0.6 is 15.9 Å². The number of hydrogen-bond acceptors (Lipinski definition) is 3. The zero-order chi connectivity index (χ0) is 10.7. The molecule has 1 heterocycles. The van der Waals surface area contributed by atoms with E-state index in [0.717, 1.165) is 5.06 Å². The van der Waals surface area contributed by atoms with E-state index in [2.05, 4.69) is 21.0 Å². The Morgan fingerprint density at radius 1 is 1.79 bits per heavy atom. The molecule has 0 spiro atoms. The largest absolute Gasteiger partial charge is 0.296 e. The van der Waals surface area contributed by atoms with E-state index in [1.54, 1.807) is 17.9 Å². The maximum absolute atomic E-state index is 11.7. The lowest BCUT2D eigenvalue weighted by Crippen LogP contribution is -2.28. The third kappa shape index (κ3) is 1.96. The van der Waals surface area contributed by atoms with Crippen LogP contribution in [0.2, 0.25) is 0 Å². The molecule has 1 aromatic heterocycles. The molecule has 0 N–H and O–H groups in total. The first-order chi connectivity index (χ1) is 6.61. The summed E-state index contributed by atoms with van der Waals surface area (Å²) in [6.07, 6.45) is 1.60. The van der Waals surface area contributed by atoms with Crippen LogP contribution in [0.1, 0.15) is 17.4 Å². The minimum atomic E-state index is -0.223. The van der Waals surface area contributed by atoms with Crippen molar-refractivity contribution in [2.75, 3.05) is 14.2 Å². The second-order valence-corrected chi connectivity index (χ2v) is 3.50. The molecule has 0 fully saturated rings. The van der Waals surface area contributed by atoms with Gasteiger partial charge in [-0.1, -0.05) is 0 Å². The summed E-state index contributed by atoms with van der Waals surface area (Å²) in [7, 11) is 3.00. The van der Waals surface area contributed by atoms with Crippen LogP contribution in [0.4, 0.5) is 0 Å². The molecular weight excluding hydrogens is 250 g/mol. The average molecular weight is 262 g/mol. The van der Waals surface area contributed by atoms with Gasteiger partial charge in [-0.2, -0.15) is 5.10 Å². The van der Waals surface area contributed by atoms with E-state index in [1.807, 2.05) is 6.92 Å². The van der Waals surface area contributed by atoms with Crippen molar-refractivity contribution in [1.82, 2.24) is 14.8 Å². The Hall–Kier alpha value is -0.880. The molecule has 0 aliphatic rings. The first-order valence-corrected chi connectivity index (χ1v) is 4.94. The SMILES string of the molecule is CCn1ncc(Br)c1C(=O)N(C)OC. The van der Waals surface area contributed by atoms with Crippen molar-refractivity contribution in [3.05, 3.63) is 16.4 Å². The third-order valence-electron chi connectivity index (χ3n) is 1.86. The number of carbonyl (C=O) groups is 1. The van der Waals surface area contributed by atoms with Gasteiger partial charge in [-0.3, -0.25) is 14.3 Å². The van der Waals surface area contributed by atoms with Gasteiger partial charge in [0.05, 0.1) is 17.8 Å². The minimum Gasteiger partial charge on any atom is -0.274 e. The Bertz CT molecular complexity index is 337. The number of nitrogens with zero attached hydrogens (tertiary/aromatic N) is 3. The van der Waals surface area contributed by atoms with Gasteiger partial charge in [-0.25, -0.2) is 5.06 Å². The maximum atomic E-state index is 11.7. The summed E-state index contributed by atoms with van der Waals surface area (Å²) in [5.41, 5.74) is 0.497. The van der Waals surface area contributed by atoms with Crippen molar-refractivity contribution in [3.63, 3.8) is 0 Å². The van der Waals surface area contributed by atoms with Crippen molar-refractivity contribution < 1.29 is 9.63 Å². The van der Waals surface area contributed by atoms with Gasteiger partial charge in [-0.15, -0.1) is 0 Å². The highest BCUT2D eigenvalue weighted by atomic mass is 79.9. The lowest BCUT2D eigenvalue weighted by atomic mass is 10.4. The van der Waals surface area contributed by atoms with E-state index < -0.39 is 0 Å². The number of amides is 1. The van der Waals surface area contributed by atoms with Gasteiger partial charge in [0, 0.05) is 13.6 Å². The Labute approximate surface area is 90.7 Å². The summed E-state index contributed by atoms with van der Waals surface area (Å²) in [4.78, 5) is 16.6. The number of carbonyl (C=O) groups excluding carboxylic acids is 1. The first kappa shape index (κ1) is 11.2. The maximum Gasteiger partial charge on any atom is 0.296 e. The van der Waals surface area contributed by atoms with E-state index in [-0.39, 0.29) is 5.91 Å². The number of hydrogen-bond donors (Lipinski definition) is 0. The summed E-state index contributed by atoms with van der Waals surface area (Å²) in [5.74, 6) is -0.223. The molecule has 0 radical (unpaired) electrons. The molecule has 6 heteroatoms. The lowest BCUT2D eigenvalue weighted by Gasteiger charge is -2.14. The van der Waals surface area contributed by atoms with Crippen LogP contribution in [-0.4, -0.2) is 34.9 Å². The fraction of sp³-hybridized carbons (Fsp3) is 0.500. The Morgan fingerprint density at radius 2 is 2.43 bits per heavy atom. The molecule has 1 amide bonds. The topological polar surface area (TPSA) is 47.4 Å². The highest BCUT2D eigenvalue weighted by Crippen LogP contribution is 2.17. The fourth-order valence-corrected chi connectivity index (χ4v) is 1.51. The zero-order valence-corrected chi connectivity index (χ0v) is 9.91. The summed E-state index contributed by atoms with van der Waals surface area (Å²) in [6, 6.07) is 0. The highest BCUT2D eigenvalue weighted by Gasteiger charge is 2.19. The number of halogens is 1. The number of aromatic nitrogens is 2. The standard InChI is InChI=1S/C8H12BrN3O2/c1-4-12-7(6(9)5-10-12)8(13)11(2)14-3/h5H,4H2,1-3H3. The van der Waals surface area contributed by atoms with Gasteiger partial charge in [0.15, 0.2) is 0 Å². The summed E-state index contributed by atoms with van der Waals surface area (Å²) in [5, 5.41) is 5.20. The van der Waals surface area contributed by atoms with Crippen LogP contribution in [0.25, 0.3) is 0 Å². The molecule has 0 aromatic carbocycles. The molecule has 5 nitrogen and oxygen atoms in total. The second-order valence-electron chi connectivity index (χ2n) is 2.64. The summed E-state index contributed by atoms with van der Waals surface area (Å²) in [6.45, 7) is 2.56. The van der Waals surface area contributed by atoms with E-state index in [0.29, 0.717) is 16.7 Å². The van der Waals surface area contributed by atoms with Crippen molar-refractivity contribution in [2.24, 2.45) is 0 Å². The summed E-state index contributed by atoms with van der Waals surface area (Å²) >= 11 is 3.27. The van der Waals surface area contributed by atoms with E-state index in [9.17, 15) is 4.79 Å². The normalized spacial score (nSPS) is 10.3. The fourth-order valence-electron chi connectivity index (χ4n) is 1.05. The van der Waals surface area contributed by atoms with Crippen LogP contribution in [-0.2, 0) is 11.4 Å². The molecule has 14 heavy (non-hydrogen) atoms. The molecule has 1 aromatic rings. The van der Waals surface area contributed by atoms with E-state index in [4.69, 9.17) is 4.84 Å². The molecule has 0 saturated carbocycles. The molecule has 0 saturated heterocycles. The minimum absolute atomic E-state index is 0.223. The first-order valence-electron chi connectivity index (χ1n) is 4.15. The molecule has 0 atom stereocenters. The van der Waals surface area contributed by atoms with Crippen LogP contribution in [0.5, 0.6) is 0 Å². The van der Waals surface area contributed by atoms with Crippen LogP contribution in [0.3, 0.4) is 0 Å². The van der Waals surface area contributed by atoms with Crippen molar-refractivity contribution >= 4 is 21.8 Å². The molecule has 78 valence electrons. The van der Waals surface area contributed by atoms with Gasteiger partial charge in [0.1, 0.15) is 5.69 Å². The smallest absolute Gasteiger partial charge is 0.274 e. The quantitative estimate of drug-likeness (QED) is 0.771. The van der Waals surface area contributed by atoms with Crippen molar-refractivity contribution in [2.45, 2.75) is 13.5 Å². The predicted molar refractivity (Wildman–Crippen MR) is 54.7 cm³/mol.